The summed E-state index contributed by atoms with van der Waals surface area (Å²) in [5.41, 5.74) is 1.10. The number of hydrogen-bond acceptors (Lipinski definition) is 6. The van der Waals surface area contributed by atoms with Crippen LogP contribution in [-0.2, 0) is 14.3 Å². The van der Waals surface area contributed by atoms with Crippen molar-refractivity contribution in [3.05, 3.63) is 23.8 Å². The number of ether oxygens (including phenoxy) is 3. The molecule has 2 heterocycles. The van der Waals surface area contributed by atoms with E-state index < -0.39 is 0 Å². The summed E-state index contributed by atoms with van der Waals surface area (Å²) in [5, 5.41) is 6.44. The first kappa shape index (κ1) is 23.5. The summed E-state index contributed by atoms with van der Waals surface area (Å²) in [5.74, 6) is 0.502. The summed E-state index contributed by atoms with van der Waals surface area (Å²) in [6, 6.07) is 5.33. The third kappa shape index (κ3) is 6.18. The Morgan fingerprint density at radius 1 is 1.26 bits per heavy atom. The van der Waals surface area contributed by atoms with E-state index in [0.717, 1.165) is 19.4 Å². The van der Waals surface area contributed by atoms with Crippen molar-refractivity contribution in [2.75, 3.05) is 52.4 Å². The molecular weight excluding hydrogens is 398 g/mol. The van der Waals surface area contributed by atoms with Gasteiger partial charge in [-0.2, -0.15) is 0 Å². The van der Waals surface area contributed by atoms with Gasteiger partial charge in [-0.25, -0.2) is 0 Å². The van der Waals surface area contributed by atoms with Crippen molar-refractivity contribution in [2.24, 2.45) is 11.8 Å². The van der Waals surface area contributed by atoms with Gasteiger partial charge in [0, 0.05) is 64.2 Å². The number of rotatable bonds is 3. The molecule has 1 aromatic carbocycles. The van der Waals surface area contributed by atoms with Gasteiger partial charge in [-0.05, 0) is 37.8 Å². The molecule has 2 amide bonds. The lowest BCUT2D eigenvalue weighted by Crippen LogP contribution is -2.44. The number of fused-ring (bicyclic) bond motifs is 1. The van der Waals surface area contributed by atoms with E-state index in [1.807, 2.05) is 6.92 Å². The second kappa shape index (κ2) is 10.9. The van der Waals surface area contributed by atoms with E-state index >= 15 is 0 Å². The van der Waals surface area contributed by atoms with Gasteiger partial charge in [0.15, 0.2) is 0 Å². The van der Waals surface area contributed by atoms with Crippen molar-refractivity contribution in [3.63, 3.8) is 0 Å². The van der Waals surface area contributed by atoms with Crippen LogP contribution in [0.5, 0.6) is 5.75 Å². The molecule has 3 atom stereocenters. The molecule has 0 radical (unpaired) electrons. The molecule has 172 valence electrons. The Morgan fingerprint density at radius 2 is 2.00 bits per heavy atom. The normalized spacial score (nSPS) is 26.3. The summed E-state index contributed by atoms with van der Waals surface area (Å²) in [7, 11) is 3.45. The van der Waals surface area contributed by atoms with Crippen LogP contribution in [0, 0.1) is 11.8 Å². The van der Waals surface area contributed by atoms with E-state index in [1.165, 1.54) is 0 Å². The Labute approximate surface area is 184 Å². The highest BCUT2D eigenvalue weighted by atomic mass is 16.5. The Kier molecular flexibility index (Phi) is 8.28. The Morgan fingerprint density at radius 3 is 2.71 bits per heavy atom. The van der Waals surface area contributed by atoms with Crippen LogP contribution in [-0.4, -0.2) is 75.9 Å². The number of anilines is 1. The quantitative estimate of drug-likeness (QED) is 0.759. The molecule has 0 aromatic heterocycles. The van der Waals surface area contributed by atoms with Gasteiger partial charge in [0.1, 0.15) is 12.4 Å². The highest BCUT2D eigenvalue weighted by Gasteiger charge is 2.26. The average Bonchev–Trinajstić information content (AvgIpc) is 2.79. The number of likely N-dealkylation sites (N-methyl/N-ethyl adjacent to an activating group) is 1. The minimum Gasteiger partial charge on any atom is -0.491 e. The lowest BCUT2D eigenvalue weighted by molar-refractivity contribution is -0.122. The van der Waals surface area contributed by atoms with E-state index in [4.69, 9.17) is 14.2 Å². The Balaban J connectivity index is 1.81. The van der Waals surface area contributed by atoms with Gasteiger partial charge < -0.3 is 29.7 Å². The minimum absolute atomic E-state index is 0.0215. The first-order chi connectivity index (χ1) is 14.9. The molecule has 2 aliphatic heterocycles. The van der Waals surface area contributed by atoms with Gasteiger partial charge in [0.05, 0.1) is 11.7 Å². The molecule has 3 rings (SSSR count). The minimum atomic E-state index is -0.132. The van der Waals surface area contributed by atoms with Crippen LogP contribution in [0.1, 0.15) is 37.0 Å². The van der Waals surface area contributed by atoms with Crippen molar-refractivity contribution in [1.82, 2.24) is 10.2 Å². The van der Waals surface area contributed by atoms with Crippen molar-refractivity contribution >= 4 is 17.5 Å². The SMILES string of the molecule is CO[C@H]1CN(C)C(=O)c2ccc(NC(=O)C3CCOCC3)cc2OC[C@H](C)NC[C@H]1C. The van der Waals surface area contributed by atoms with Gasteiger partial charge in [-0.1, -0.05) is 6.92 Å². The van der Waals surface area contributed by atoms with Crippen LogP contribution in [0.15, 0.2) is 18.2 Å². The maximum Gasteiger partial charge on any atom is 0.257 e. The molecule has 2 aliphatic rings. The standard InChI is InChI=1S/C23H35N3O5/c1-15-12-24-16(2)14-31-20-11-18(25-22(27)17-7-9-30-10-8-17)5-6-19(20)23(28)26(3)13-21(15)29-4/h5-6,11,15-17,21,24H,7-10,12-14H2,1-4H3,(H,25,27)/t15-,16+,21+/m1/s1. The number of benzene rings is 1. The lowest BCUT2D eigenvalue weighted by Gasteiger charge is -2.30. The molecule has 8 heteroatoms. The summed E-state index contributed by atoms with van der Waals surface area (Å²) in [4.78, 5) is 27.4. The van der Waals surface area contributed by atoms with E-state index in [1.54, 1.807) is 37.3 Å². The highest BCUT2D eigenvalue weighted by Crippen LogP contribution is 2.27. The van der Waals surface area contributed by atoms with E-state index in [9.17, 15) is 9.59 Å². The van der Waals surface area contributed by atoms with E-state index in [-0.39, 0.29) is 35.8 Å². The predicted octanol–water partition coefficient (Wildman–Crippen LogP) is 2.15. The first-order valence-electron chi connectivity index (χ1n) is 11.1. The van der Waals surface area contributed by atoms with E-state index in [2.05, 4.69) is 17.6 Å². The van der Waals surface area contributed by atoms with E-state index in [0.29, 0.717) is 43.4 Å². The van der Waals surface area contributed by atoms with Crippen molar-refractivity contribution in [2.45, 2.75) is 38.8 Å². The number of carbonyl (C=O) groups is 2. The zero-order valence-electron chi connectivity index (χ0n) is 19.0. The largest absolute Gasteiger partial charge is 0.491 e. The number of methoxy groups -OCH3 is 1. The molecule has 2 N–H and O–H groups in total. The van der Waals surface area contributed by atoms with Crippen LogP contribution in [0.3, 0.4) is 0 Å². The summed E-state index contributed by atoms with van der Waals surface area (Å²) < 4.78 is 17.0. The molecule has 1 aromatic rings. The van der Waals surface area contributed by atoms with Gasteiger partial charge in [-0.3, -0.25) is 9.59 Å². The fourth-order valence-corrected chi connectivity index (χ4v) is 3.94. The third-order valence-corrected chi connectivity index (χ3v) is 6.09. The second-order valence-corrected chi connectivity index (χ2v) is 8.64. The smallest absolute Gasteiger partial charge is 0.257 e. The molecular formula is C23H35N3O5. The molecule has 1 fully saturated rings. The number of hydrogen-bond donors (Lipinski definition) is 2. The number of nitrogens with zero attached hydrogens (tertiary/aromatic N) is 1. The summed E-state index contributed by atoms with van der Waals surface area (Å²) in [6.07, 6.45) is 1.37. The molecule has 8 nitrogen and oxygen atoms in total. The number of nitrogens with one attached hydrogen (secondary N) is 2. The molecule has 0 bridgehead atoms. The molecule has 31 heavy (non-hydrogen) atoms. The molecule has 0 spiro atoms. The van der Waals surface area contributed by atoms with Gasteiger partial charge >= 0.3 is 0 Å². The summed E-state index contributed by atoms with van der Waals surface area (Å²) >= 11 is 0. The van der Waals surface area contributed by atoms with Crippen LogP contribution in [0.4, 0.5) is 5.69 Å². The van der Waals surface area contributed by atoms with Crippen LogP contribution in [0.25, 0.3) is 0 Å². The fraction of sp³-hybridized carbons (Fsp3) is 0.652. The fourth-order valence-electron chi connectivity index (χ4n) is 3.94. The molecule has 0 unspecified atom stereocenters. The zero-order valence-corrected chi connectivity index (χ0v) is 19.0. The van der Waals surface area contributed by atoms with Crippen LogP contribution in [0.2, 0.25) is 0 Å². The Hall–Kier alpha value is -2.16. The molecule has 0 saturated carbocycles. The van der Waals surface area contributed by atoms with Gasteiger partial charge in [0.25, 0.3) is 5.91 Å². The predicted molar refractivity (Wildman–Crippen MR) is 118 cm³/mol. The van der Waals surface area contributed by atoms with Crippen molar-refractivity contribution < 1.29 is 23.8 Å². The highest BCUT2D eigenvalue weighted by molar-refractivity contribution is 5.98. The van der Waals surface area contributed by atoms with Gasteiger partial charge in [-0.15, -0.1) is 0 Å². The number of carbonyl (C=O) groups excluding carboxylic acids is 2. The molecule has 1 saturated heterocycles. The lowest BCUT2D eigenvalue weighted by atomic mass is 9.99. The average molecular weight is 434 g/mol. The van der Waals surface area contributed by atoms with Crippen molar-refractivity contribution in [3.8, 4) is 5.75 Å². The number of amides is 2. The maximum absolute atomic E-state index is 13.2. The van der Waals surface area contributed by atoms with Crippen molar-refractivity contribution in [1.29, 1.82) is 0 Å². The van der Waals surface area contributed by atoms with Gasteiger partial charge in [0.2, 0.25) is 5.91 Å². The Bertz CT molecular complexity index is 766. The third-order valence-electron chi connectivity index (χ3n) is 6.09. The second-order valence-electron chi connectivity index (χ2n) is 8.64. The van der Waals surface area contributed by atoms with Crippen LogP contribution < -0.4 is 15.4 Å². The zero-order chi connectivity index (χ0) is 22.4. The first-order valence-corrected chi connectivity index (χ1v) is 11.1. The molecule has 0 aliphatic carbocycles. The monoisotopic (exact) mass is 433 g/mol. The topological polar surface area (TPSA) is 89.1 Å². The van der Waals surface area contributed by atoms with Crippen LogP contribution >= 0.6 is 0 Å². The summed E-state index contributed by atoms with van der Waals surface area (Å²) in [6.45, 7) is 7.03. The maximum atomic E-state index is 13.2.